The lowest BCUT2D eigenvalue weighted by Crippen LogP contribution is -2.38. The summed E-state index contributed by atoms with van der Waals surface area (Å²) in [4.78, 5) is 12.1. The van der Waals surface area contributed by atoms with Crippen LogP contribution in [-0.4, -0.2) is 51.7 Å². The van der Waals surface area contributed by atoms with Gasteiger partial charge in [0.05, 0.1) is 12.2 Å². The van der Waals surface area contributed by atoms with Gasteiger partial charge in [-0.25, -0.2) is 4.68 Å². The number of nitrogens with zero attached hydrogens (tertiary/aromatic N) is 3. The van der Waals surface area contributed by atoms with Crippen LogP contribution in [0.1, 0.15) is 43.2 Å². The fraction of sp³-hybridized carbons (Fsp3) is 0.769. The molecule has 0 radical (unpaired) electrons. The van der Waals surface area contributed by atoms with Gasteiger partial charge in [-0.15, -0.1) is 5.10 Å². The number of amides is 1. The van der Waals surface area contributed by atoms with Crippen LogP contribution in [0.2, 0.25) is 0 Å². The minimum absolute atomic E-state index is 0.0124. The van der Waals surface area contributed by atoms with Gasteiger partial charge in [0, 0.05) is 12.6 Å². The molecule has 3 N–H and O–H groups in total. The third kappa shape index (κ3) is 3.55. The molecule has 1 aliphatic heterocycles. The topological polar surface area (TPSA) is 92.1 Å². The van der Waals surface area contributed by atoms with Crippen LogP contribution >= 0.6 is 0 Å². The van der Waals surface area contributed by atoms with Gasteiger partial charge in [-0.3, -0.25) is 4.79 Å². The molecule has 1 aliphatic rings. The first kappa shape index (κ1) is 14.9. The molecule has 0 saturated carbocycles. The predicted octanol–water partition coefficient (Wildman–Crippen LogP) is -0.0507. The van der Waals surface area contributed by atoms with E-state index >= 15 is 0 Å². The highest BCUT2D eigenvalue weighted by atomic mass is 16.3. The second kappa shape index (κ2) is 6.81. The van der Waals surface area contributed by atoms with E-state index < -0.39 is 0 Å². The van der Waals surface area contributed by atoms with E-state index in [4.69, 9.17) is 5.11 Å². The minimum Gasteiger partial charge on any atom is -0.396 e. The second-order valence-corrected chi connectivity index (χ2v) is 5.49. The highest BCUT2D eigenvalue weighted by Gasteiger charge is 2.20. The number of carbonyl (C=O) groups excluding carboxylic acids is 1. The number of piperidine rings is 1. The van der Waals surface area contributed by atoms with Gasteiger partial charge < -0.3 is 15.7 Å². The summed E-state index contributed by atoms with van der Waals surface area (Å²) in [6.45, 7) is 5.74. The van der Waals surface area contributed by atoms with Crippen molar-refractivity contribution in [2.24, 2.45) is 5.92 Å². The van der Waals surface area contributed by atoms with E-state index in [-0.39, 0.29) is 24.5 Å². The van der Waals surface area contributed by atoms with Gasteiger partial charge in [-0.05, 0) is 38.8 Å². The van der Waals surface area contributed by atoms with Crippen LogP contribution in [-0.2, 0) is 0 Å². The largest absolute Gasteiger partial charge is 0.396 e. The third-order valence-corrected chi connectivity index (χ3v) is 3.93. The highest BCUT2D eigenvalue weighted by Crippen LogP contribution is 2.17. The lowest BCUT2D eigenvalue weighted by Gasteiger charge is -2.22. The zero-order chi connectivity index (χ0) is 14.5. The number of hydrogen-bond acceptors (Lipinski definition) is 5. The molecular formula is C13H23N5O2. The molecule has 20 heavy (non-hydrogen) atoms. The zero-order valence-electron chi connectivity index (χ0n) is 12.0. The number of aliphatic hydroxyl groups is 1. The van der Waals surface area contributed by atoms with Gasteiger partial charge in [0.2, 0.25) is 0 Å². The summed E-state index contributed by atoms with van der Waals surface area (Å²) in [5.74, 6) is -0.226. The maximum absolute atomic E-state index is 12.1. The average molecular weight is 281 g/mol. The van der Waals surface area contributed by atoms with E-state index in [1.54, 1.807) is 10.9 Å². The van der Waals surface area contributed by atoms with Crippen molar-refractivity contribution >= 4 is 5.91 Å². The molecule has 2 rings (SSSR count). The lowest BCUT2D eigenvalue weighted by atomic mass is 10.1. The van der Waals surface area contributed by atoms with Crippen LogP contribution in [0.15, 0.2) is 6.20 Å². The summed E-state index contributed by atoms with van der Waals surface area (Å²) in [6.07, 6.45) is 3.71. The summed E-state index contributed by atoms with van der Waals surface area (Å²) >= 11 is 0. The van der Waals surface area contributed by atoms with Gasteiger partial charge in [-0.2, -0.15) is 0 Å². The fourth-order valence-electron chi connectivity index (χ4n) is 2.21. The Balaban J connectivity index is 1.95. The Morgan fingerprint density at radius 2 is 2.25 bits per heavy atom. The van der Waals surface area contributed by atoms with Gasteiger partial charge in [0.15, 0.2) is 5.69 Å². The number of carbonyl (C=O) groups is 1. The maximum Gasteiger partial charge on any atom is 0.273 e. The van der Waals surface area contributed by atoms with Crippen molar-refractivity contribution in [3.63, 3.8) is 0 Å². The smallest absolute Gasteiger partial charge is 0.273 e. The predicted molar refractivity (Wildman–Crippen MR) is 74.3 cm³/mol. The normalized spacial score (nSPS) is 19.6. The molecule has 7 nitrogen and oxygen atoms in total. The lowest BCUT2D eigenvalue weighted by molar-refractivity contribution is 0.0911. The minimum atomic E-state index is -0.238. The van der Waals surface area contributed by atoms with Crippen molar-refractivity contribution in [2.75, 3.05) is 19.7 Å². The summed E-state index contributed by atoms with van der Waals surface area (Å²) in [7, 11) is 0. The Kier molecular flexibility index (Phi) is 5.08. The molecule has 2 unspecified atom stereocenters. The van der Waals surface area contributed by atoms with Crippen LogP contribution in [0.25, 0.3) is 0 Å². The molecule has 0 aromatic carbocycles. The molecule has 0 spiro atoms. The molecule has 1 aromatic heterocycles. The van der Waals surface area contributed by atoms with Crippen molar-refractivity contribution in [3.05, 3.63) is 11.9 Å². The van der Waals surface area contributed by atoms with Crippen LogP contribution in [0, 0.1) is 5.92 Å². The van der Waals surface area contributed by atoms with Crippen LogP contribution in [0.4, 0.5) is 0 Å². The van der Waals surface area contributed by atoms with Crippen molar-refractivity contribution in [1.82, 2.24) is 25.6 Å². The number of aliphatic hydroxyl groups excluding tert-OH is 1. The van der Waals surface area contributed by atoms with Crippen LogP contribution < -0.4 is 10.6 Å². The first-order valence-corrected chi connectivity index (χ1v) is 7.16. The van der Waals surface area contributed by atoms with E-state index in [2.05, 4.69) is 20.9 Å². The van der Waals surface area contributed by atoms with E-state index in [1.807, 2.05) is 13.8 Å². The summed E-state index contributed by atoms with van der Waals surface area (Å²) < 4.78 is 1.79. The fourth-order valence-corrected chi connectivity index (χ4v) is 2.21. The molecule has 2 heterocycles. The summed E-state index contributed by atoms with van der Waals surface area (Å²) in [5.41, 5.74) is 0.334. The molecule has 1 fully saturated rings. The highest BCUT2D eigenvalue weighted by molar-refractivity contribution is 5.92. The molecule has 0 aliphatic carbocycles. The molecule has 1 amide bonds. The first-order chi connectivity index (χ1) is 9.61. The van der Waals surface area contributed by atoms with E-state index in [1.165, 1.54) is 0 Å². The van der Waals surface area contributed by atoms with Crippen molar-refractivity contribution in [3.8, 4) is 0 Å². The van der Waals surface area contributed by atoms with Crippen molar-refractivity contribution in [1.29, 1.82) is 0 Å². The number of hydrogen-bond donors (Lipinski definition) is 3. The second-order valence-electron chi connectivity index (χ2n) is 5.49. The van der Waals surface area contributed by atoms with Gasteiger partial charge in [0.1, 0.15) is 0 Å². The van der Waals surface area contributed by atoms with Crippen LogP contribution in [0.3, 0.4) is 0 Å². The molecule has 112 valence electrons. The Bertz CT molecular complexity index is 442. The van der Waals surface area contributed by atoms with Crippen LogP contribution in [0.5, 0.6) is 0 Å². The first-order valence-electron chi connectivity index (χ1n) is 7.16. The molecule has 1 saturated heterocycles. The molecule has 7 heteroatoms. The van der Waals surface area contributed by atoms with Crippen molar-refractivity contribution < 1.29 is 9.90 Å². The monoisotopic (exact) mass is 281 g/mol. The number of aromatic nitrogens is 3. The quantitative estimate of drug-likeness (QED) is 0.704. The van der Waals surface area contributed by atoms with Gasteiger partial charge >= 0.3 is 0 Å². The standard InChI is InChI=1S/C13H23N5O2/c1-9(8-19)10(2)15-13(20)12-7-18(17-16-12)11-3-5-14-6-4-11/h7,9-11,14,19H,3-6,8H2,1-2H3,(H,15,20). The zero-order valence-corrected chi connectivity index (χ0v) is 12.0. The van der Waals surface area contributed by atoms with E-state index in [9.17, 15) is 4.79 Å². The third-order valence-electron chi connectivity index (χ3n) is 3.93. The molecule has 2 atom stereocenters. The Morgan fingerprint density at radius 1 is 1.55 bits per heavy atom. The van der Waals surface area contributed by atoms with Crippen molar-refractivity contribution in [2.45, 2.75) is 38.8 Å². The average Bonchev–Trinajstić information content (AvgIpc) is 2.97. The molecule has 1 aromatic rings. The summed E-state index contributed by atoms with van der Waals surface area (Å²) in [5, 5.41) is 23.2. The van der Waals surface area contributed by atoms with E-state index in [0.717, 1.165) is 25.9 Å². The number of rotatable bonds is 5. The van der Waals surface area contributed by atoms with Gasteiger partial charge in [-0.1, -0.05) is 12.1 Å². The number of nitrogens with one attached hydrogen (secondary N) is 2. The Morgan fingerprint density at radius 3 is 2.90 bits per heavy atom. The molecular weight excluding hydrogens is 258 g/mol. The Labute approximate surface area is 118 Å². The van der Waals surface area contributed by atoms with E-state index in [0.29, 0.717) is 11.7 Å². The SMILES string of the molecule is CC(CO)C(C)NC(=O)c1cn(C2CCNCC2)nn1. The molecule has 0 bridgehead atoms. The maximum atomic E-state index is 12.1. The Hall–Kier alpha value is -1.47. The summed E-state index contributed by atoms with van der Waals surface area (Å²) in [6, 6.07) is 0.218. The van der Waals surface area contributed by atoms with Gasteiger partial charge in [0.25, 0.3) is 5.91 Å².